The lowest BCUT2D eigenvalue weighted by Gasteiger charge is -2.08. The Hall–Kier alpha value is -1.51. The molecule has 1 aromatic rings. The molecule has 0 saturated carbocycles. The van der Waals surface area contributed by atoms with Crippen LogP contribution in [0.1, 0.15) is 22.8 Å². The van der Waals surface area contributed by atoms with Gasteiger partial charge in [-0.2, -0.15) is 0 Å². The molecular weight excluding hydrogens is 166 g/mol. The molecule has 0 heterocycles. The number of benzene rings is 1. The summed E-state index contributed by atoms with van der Waals surface area (Å²) in [6.07, 6.45) is 0. The Bertz CT molecular complexity index is 322. The number of hydrogen-bond donors (Lipinski definition) is 1. The van der Waals surface area contributed by atoms with E-state index in [4.69, 9.17) is 10.5 Å². The Morgan fingerprint density at radius 1 is 1.46 bits per heavy atom. The average molecular weight is 179 g/mol. The Balaban J connectivity index is 3.31. The van der Waals surface area contributed by atoms with Crippen molar-refractivity contribution >= 4 is 11.5 Å². The van der Waals surface area contributed by atoms with E-state index in [2.05, 4.69) is 0 Å². The van der Waals surface area contributed by atoms with Gasteiger partial charge in [0.2, 0.25) is 0 Å². The summed E-state index contributed by atoms with van der Waals surface area (Å²) in [5.74, 6) is 0.664. The fourth-order valence-corrected chi connectivity index (χ4v) is 1.38. The lowest BCUT2D eigenvalue weighted by molar-refractivity contribution is 0.101. The summed E-state index contributed by atoms with van der Waals surface area (Å²) in [4.78, 5) is 11.2. The molecule has 3 nitrogen and oxygen atoms in total. The highest BCUT2D eigenvalue weighted by atomic mass is 16.5. The number of anilines is 1. The van der Waals surface area contributed by atoms with Crippen LogP contribution in [0, 0.1) is 6.92 Å². The fourth-order valence-electron chi connectivity index (χ4n) is 1.38. The van der Waals surface area contributed by atoms with Crippen LogP contribution in [0.3, 0.4) is 0 Å². The zero-order chi connectivity index (χ0) is 10.0. The molecule has 0 fully saturated rings. The molecule has 0 unspecified atom stereocenters. The third-order valence-corrected chi connectivity index (χ3v) is 1.93. The maximum atomic E-state index is 11.2. The number of ether oxygens (including phenoxy) is 1. The summed E-state index contributed by atoms with van der Waals surface area (Å²) >= 11 is 0. The third kappa shape index (κ3) is 1.80. The Morgan fingerprint density at radius 3 is 2.46 bits per heavy atom. The first-order valence-electron chi connectivity index (χ1n) is 4.01. The van der Waals surface area contributed by atoms with Crippen LogP contribution < -0.4 is 10.5 Å². The molecule has 13 heavy (non-hydrogen) atoms. The number of carbonyl (C=O) groups is 1. The molecule has 3 heteroatoms. The highest BCUT2D eigenvalue weighted by molar-refractivity contribution is 6.00. The van der Waals surface area contributed by atoms with Crippen molar-refractivity contribution in [2.75, 3.05) is 12.8 Å². The standard InChI is InChI=1S/C10H13NO2/c1-6-4-8(13-3)5-9(11)10(6)7(2)12/h4-5H,11H2,1-3H3. The van der Waals surface area contributed by atoms with Crippen LogP contribution >= 0.6 is 0 Å². The van der Waals surface area contributed by atoms with Gasteiger partial charge in [-0.05, 0) is 25.5 Å². The van der Waals surface area contributed by atoms with E-state index >= 15 is 0 Å². The molecule has 2 N–H and O–H groups in total. The van der Waals surface area contributed by atoms with E-state index in [1.165, 1.54) is 6.92 Å². The molecule has 1 rings (SSSR count). The minimum absolute atomic E-state index is 0.0161. The van der Waals surface area contributed by atoms with Crippen molar-refractivity contribution < 1.29 is 9.53 Å². The minimum Gasteiger partial charge on any atom is -0.497 e. The second-order valence-corrected chi connectivity index (χ2v) is 2.96. The van der Waals surface area contributed by atoms with Gasteiger partial charge in [-0.1, -0.05) is 0 Å². The van der Waals surface area contributed by atoms with Crippen molar-refractivity contribution in [3.05, 3.63) is 23.3 Å². The van der Waals surface area contributed by atoms with Crippen LogP contribution in [0.15, 0.2) is 12.1 Å². The summed E-state index contributed by atoms with van der Waals surface area (Å²) in [5.41, 5.74) is 7.61. The van der Waals surface area contributed by atoms with Gasteiger partial charge < -0.3 is 10.5 Å². The van der Waals surface area contributed by atoms with Crippen molar-refractivity contribution in [1.82, 2.24) is 0 Å². The molecular formula is C10H13NO2. The summed E-state index contributed by atoms with van der Waals surface area (Å²) in [6.45, 7) is 3.35. The molecule has 0 aliphatic rings. The molecule has 0 bridgehead atoms. The summed E-state index contributed by atoms with van der Waals surface area (Å²) in [6, 6.07) is 3.46. The van der Waals surface area contributed by atoms with Crippen molar-refractivity contribution in [2.45, 2.75) is 13.8 Å². The number of methoxy groups -OCH3 is 1. The largest absolute Gasteiger partial charge is 0.497 e. The number of ketones is 1. The highest BCUT2D eigenvalue weighted by Gasteiger charge is 2.09. The Labute approximate surface area is 77.5 Å². The van der Waals surface area contributed by atoms with Crippen LogP contribution in [-0.4, -0.2) is 12.9 Å². The first-order valence-corrected chi connectivity index (χ1v) is 4.01. The molecule has 0 aliphatic heterocycles. The normalized spacial score (nSPS) is 9.77. The topological polar surface area (TPSA) is 52.3 Å². The predicted octanol–water partition coefficient (Wildman–Crippen LogP) is 1.79. The second-order valence-electron chi connectivity index (χ2n) is 2.96. The summed E-state index contributed by atoms with van der Waals surface area (Å²) < 4.78 is 5.02. The van der Waals surface area contributed by atoms with Crippen molar-refractivity contribution in [1.29, 1.82) is 0 Å². The van der Waals surface area contributed by atoms with Gasteiger partial charge in [-0.25, -0.2) is 0 Å². The quantitative estimate of drug-likeness (QED) is 0.556. The first kappa shape index (κ1) is 9.58. The van der Waals surface area contributed by atoms with Gasteiger partial charge >= 0.3 is 0 Å². The van der Waals surface area contributed by atoms with Crippen molar-refractivity contribution in [2.24, 2.45) is 0 Å². The maximum absolute atomic E-state index is 11.2. The van der Waals surface area contributed by atoms with E-state index in [0.29, 0.717) is 17.0 Å². The fraction of sp³-hybridized carbons (Fsp3) is 0.300. The van der Waals surface area contributed by atoms with E-state index in [1.807, 2.05) is 6.92 Å². The predicted molar refractivity (Wildman–Crippen MR) is 52.1 cm³/mol. The summed E-state index contributed by atoms with van der Waals surface area (Å²) in [5, 5.41) is 0. The number of hydrogen-bond acceptors (Lipinski definition) is 3. The number of rotatable bonds is 2. The zero-order valence-electron chi connectivity index (χ0n) is 8.05. The Morgan fingerprint density at radius 2 is 2.08 bits per heavy atom. The number of carbonyl (C=O) groups excluding carboxylic acids is 1. The van der Waals surface area contributed by atoms with Gasteiger partial charge in [0, 0.05) is 17.3 Å². The second kappa shape index (κ2) is 3.47. The molecule has 0 amide bonds. The van der Waals surface area contributed by atoms with E-state index < -0.39 is 0 Å². The van der Waals surface area contributed by atoms with Crippen molar-refractivity contribution in [3.63, 3.8) is 0 Å². The third-order valence-electron chi connectivity index (χ3n) is 1.93. The zero-order valence-corrected chi connectivity index (χ0v) is 8.05. The molecule has 0 spiro atoms. The molecule has 0 atom stereocenters. The van der Waals surface area contributed by atoms with E-state index in [0.717, 1.165) is 5.56 Å². The van der Waals surface area contributed by atoms with Crippen LogP contribution in [0.2, 0.25) is 0 Å². The number of nitrogen functional groups attached to an aromatic ring is 1. The van der Waals surface area contributed by atoms with Crippen LogP contribution in [0.25, 0.3) is 0 Å². The number of Topliss-reactive ketones (excluding diaryl/α,β-unsaturated/α-hetero) is 1. The SMILES string of the molecule is COc1cc(C)c(C(C)=O)c(N)c1. The van der Waals surface area contributed by atoms with Crippen LogP contribution in [0.5, 0.6) is 5.75 Å². The van der Waals surface area contributed by atoms with Crippen molar-refractivity contribution in [3.8, 4) is 5.75 Å². The summed E-state index contributed by atoms with van der Waals surface area (Å²) in [7, 11) is 1.57. The monoisotopic (exact) mass is 179 g/mol. The number of aryl methyl sites for hydroxylation is 1. The molecule has 0 aliphatic carbocycles. The lowest BCUT2D eigenvalue weighted by atomic mass is 10.0. The van der Waals surface area contributed by atoms with Gasteiger partial charge in [0.15, 0.2) is 5.78 Å². The van der Waals surface area contributed by atoms with E-state index in [-0.39, 0.29) is 5.78 Å². The van der Waals surface area contributed by atoms with Crippen LogP contribution in [-0.2, 0) is 0 Å². The van der Waals surface area contributed by atoms with Gasteiger partial charge in [0.25, 0.3) is 0 Å². The molecule has 0 radical (unpaired) electrons. The first-order chi connectivity index (χ1) is 6.06. The lowest BCUT2D eigenvalue weighted by Crippen LogP contribution is -2.03. The van der Waals surface area contributed by atoms with E-state index in [1.54, 1.807) is 19.2 Å². The average Bonchev–Trinajstić information content (AvgIpc) is 2.02. The smallest absolute Gasteiger partial charge is 0.162 e. The maximum Gasteiger partial charge on any atom is 0.162 e. The highest BCUT2D eigenvalue weighted by Crippen LogP contribution is 2.24. The number of nitrogens with two attached hydrogens (primary N) is 1. The minimum atomic E-state index is -0.0161. The van der Waals surface area contributed by atoms with E-state index in [9.17, 15) is 4.79 Å². The molecule has 1 aromatic carbocycles. The molecule has 70 valence electrons. The Kier molecular flexibility index (Phi) is 2.56. The molecule has 0 saturated heterocycles. The van der Waals surface area contributed by atoms with Gasteiger partial charge in [0.1, 0.15) is 5.75 Å². The van der Waals surface area contributed by atoms with Gasteiger partial charge in [-0.3, -0.25) is 4.79 Å². The van der Waals surface area contributed by atoms with Gasteiger partial charge in [0.05, 0.1) is 7.11 Å². The van der Waals surface area contributed by atoms with Gasteiger partial charge in [-0.15, -0.1) is 0 Å². The van der Waals surface area contributed by atoms with Crippen LogP contribution in [0.4, 0.5) is 5.69 Å². The molecule has 0 aromatic heterocycles.